The summed E-state index contributed by atoms with van der Waals surface area (Å²) < 4.78 is 5.67. The number of ether oxygens (including phenoxy) is 1. The quantitative estimate of drug-likeness (QED) is 0.839. The van der Waals surface area contributed by atoms with Gasteiger partial charge in [0.25, 0.3) is 0 Å². The molecule has 1 aliphatic heterocycles. The lowest BCUT2D eigenvalue weighted by Gasteiger charge is -2.10. The van der Waals surface area contributed by atoms with Crippen molar-refractivity contribution < 1.29 is 9.53 Å². The molecule has 17 heavy (non-hydrogen) atoms. The van der Waals surface area contributed by atoms with Crippen LogP contribution >= 0.6 is 12.4 Å². The van der Waals surface area contributed by atoms with Crippen molar-refractivity contribution in [1.29, 1.82) is 0 Å². The van der Waals surface area contributed by atoms with Gasteiger partial charge in [-0.25, -0.2) is 0 Å². The molecule has 1 aromatic carbocycles. The second-order valence-electron chi connectivity index (χ2n) is 4.25. The van der Waals surface area contributed by atoms with E-state index in [1.54, 1.807) is 6.92 Å². The van der Waals surface area contributed by atoms with Gasteiger partial charge in [0.1, 0.15) is 5.75 Å². The zero-order valence-corrected chi connectivity index (χ0v) is 10.8. The Morgan fingerprint density at radius 1 is 1.41 bits per heavy atom. The van der Waals surface area contributed by atoms with Crippen molar-refractivity contribution in [3.05, 3.63) is 29.8 Å². The molecule has 3 nitrogen and oxygen atoms in total. The molecule has 0 aliphatic carbocycles. The zero-order chi connectivity index (χ0) is 11.4. The summed E-state index contributed by atoms with van der Waals surface area (Å²) in [6.07, 6.45) is 1.19. The maximum absolute atomic E-state index is 11.1. The molecule has 1 heterocycles. The standard InChI is InChI=1S/C13H17NO2.ClH/c1-10(15)12-2-4-13(5-3-12)16-9-11-6-7-14-8-11;/h2-5,11,14H,6-9H2,1H3;1H. The maximum Gasteiger partial charge on any atom is 0.159 e. The first-order valence-electron chi connectivity index (χ1n) is 5.70. The Labute approximate surface area is 108 Å². The molecule has 0 saturated carbocycles. The van der Waals surface area contributed by atoms with Crippen LogP contribution in [0.2, 0.25) is 0 Å². The smallest absolute Gasteiger partial charge is 0.159 e. The molecule has 2 rings (SSSR count). The van der Waals surface area contributed by atoms with Crippen molar-refractivity contribution in [1.82, 2.24) is 5.32 Å². The molecule has 0 amide bonds. The molecular formula is C13H18ClNO2. The number of hydrogen-bond acceptors (Lipinski definition) is 3. The molecular weight excluding hydrogens is 238 g/mol. The van der Waals surface area contributed by atoms with E-state index in [0.29, 0.717) is 5.92 Å². The molecule has 1 N–H and O–H groups in total. The number of nitrogens with one attached hydrogen (secondary N) is 1. The average Bonchev–Trinajstić information content (AvgIpc) is 2.80. The van der Waals surface area contributed by atoms with Crippen LogP contribution in [0.3, 0.4) is 0 Å². The Hall–Kier alpha value is -1.06. The van der Waals surface area contributed by atoms with E-state index < -0.39 is 0 Å². The number of hydrogen-bond donors (Lipinski definition) is 1. The number of halogens is 1. The molecule has 0 bridgehead atoms. The molecule has 1 aromatic rings. The first kappa shape index (κ1) is 14.0. The Kier molecular flexibility index (Phi) is 5.45. The first-order valence-corrected chi connectivity index (χ1v) is 5.70. The molecule has 1 saturated heterocycles. The van der Waals surface area contributed by atoms with E-state index in [1.165, 1.54) is 6.42 Å². The van der Waals surface area contributed by atoms with Crippen LogP contribution in [0.25, 0.3) is 0 Å². The van der Waals surface area contributed by atoms with Gasteiger partial charge in [-0.05, 0) is 44.2 Å². The minimum atomic E-state index is 0. The van der Waals surface area contributed by atoms with Crippen molar-refractivity contribution in [2.75, 3.05) is 19.7 Å². The van der Waals surface area contributed by atoms with Crippen LogP contribution in [0.1, 0.15) is 23.7 Å². The topological polar surface area (TPSA) is 38.3 Å². The number of benzene rings is 1. The van der Waals surface area contributed by atoms with Gasteiger partial charge in [-0.3, -0.25) is 4.79 Å². The molecule has 1 unspecified atom stereocenters. The maximum atomic E-state index is 11.1. The Balaban J connectivity index is 0.00000144. The summed E-state index contributed by atoms with van der Waals surface area (Å²) in [7, 11) is 0. The Morgan fingerprint density at radius 3 is 2.65 bits per heavy atom. The van der Waals surface area contributed by atoms with Crippen LogP contribution < -0.4 is 10.1 Å². The molecule has 94 valence electrons. The van der Waals surface area contributed by atoms with Gasteiger partial charge in [-0.2, -0.15) is 0 Å². The average molecular weight is 256 g/mol. The monoisotopic (exact) mass is 255 g/mol. The van der Waals surface area contributed by atoms with Crippen molar-refractivity contribution in [3.63, 3.8) is 0 Å². The fourth-order valence-corrected chi connectivity index (χ4v) is 1.86. The zero-order valence-electron chi connectivity index (χ0n) is 9.94. The first-order chi connectivity index (χ1) is 7.75. The number of ketones is 1. The van der Waals surface area contributed by atoms with Crippen LogP contribution in [0.15, 0.2) is 24.3 Å². The molecule has 1 atom stereocenters. The van der Waals surface area contributed by atoms with E-state index in [0.717, 1.165) is 31.0 Å². The summed E-state index contributed by atoms with van der Waals surface area (Å²) >= 11 is 0. The highest BCUT2D eigenvalue weighted by Crippen LogP contribution is 2.15. The van der Waals surface area contributed by atoms with Gasteiger partial charge in [0.2, 0.25) is 0 Å². The lowest BCUT2D eigenvalue weighted by atomic mass is 10.1. The lowest BCUT2D eigenvalue weighted by Crippen LogP contribution is -2.15. The fraction of sp³-hybridized carbons (Fsp3) is 0.462. The van der Waals surface area contributed by atoms with Crippen molar-refractivity contribution in [2.45, 2.75) is 13.3 Å². The Bertz CT molecular complexity index is 358. The van der Waals surface area contributed by atoms with E-state index in [2.05, 4.69) is 5.32 Å². The van der Waals surface area contributed by atoms with Crippen molar-refractivity contribution >= 4 is 18.2 Å². The molecule has 0 aromatic heterocycles. The van der Waals surface area contributed by atoms with Crippen LogP contribution in [0, 0.1) is 5.92 Å². The van der Waals surface area contributed by atoms with Crippen molar-refractivity contribution in [2.24, 2.45) is 5.92 Å². The van der Waals surface area contributed by atoms with Crippen molar-refractivity contribution in [3.8, 4) is 5.75 Å². The third-order valence-electron chi connectivity index (χ3n) is 2.91. The molecule has 0 spiro atoms. The minimum Gasteiger partial charge on any atom is -0.493 e. The molecule has 0 radical (unpaired) electrons. The van der Waals surface area contributed by atoms with Gasteiger partial charge < -0.3 is 10.1 Å². The highest BCUT2D eigenvalue weighted by atomic mass is 35.5. The van der Waals surface area contributed by atoms with E-state index in [-0.39, 0.29) is 18.2 Å². The van der Waals surface area contributed by atoms with E-state index >= 15 is 0 Å². The summed E-state index contributed by atoms with van der Waals surface area (Å²) in [5.74, 6) is 1.55. The van der Waals surface area contributed by atoms with Crippen LogP contribution in [0.5, 0.6) is 5.75 Å². The number of rotatable bonds is 4. The number of Topliss-reactive ketones (excluding diaryl/α,β-unsaturated/α-hetero) is 1. The summed E-state index contributed by atoms with van der Waals surface area (Å²) in [6.45, 7) is 4.47. The van der Waals surface area contributed by atoms with Gasteiger partial charge in [-0.1, -0.05) is 0 Å². The summed E-state index contributed by atoms with van der Waals surface area (Å²) in [5.41, 5.74) is 0.731. The predicted molar refractivity (Wildman–Crippen MR) is 70.2 cm³/mol. The minimum absolute atomic E-state index is 0. The van der Waals surface area contributed by atoms with Gasteiger partial charge in [0, 0.05) is 18.0 Å². The summed E-state index contributed by atoms with van der Waals surface area (Å²) in [5, 5.41) is 3.31. The predicted octanol–water partition coefficient (Wildman–Crippen LogP) is 2.30. The lowest BCUT2D eigenvalue weighted by molar-refractivity contribution is 0.101. The molecule has 1 aliphatic rings. The highest BCUT2D eigenvalue weighted by molar-refractivity contribution is 5.94. The van der Waals surface area contributed by atoms with Gasteiger partial charge in [0.15, 0.2) is 5.78 Å². The normalized spacial score (nSPS) is 18.5. The van der Waals surface area contributed by atoms with Gasteiger partial charge in [-0.15, -0.1) is 12.4 Å². The summed E-state index contributed by atoms with van der Waals surface area (Å²) in [6, 6.07) is 7.34. The fourth-order valence-electron chi connectivity index (χ4n) is 1.86. The number of carbonyl (C=O) groups is 1. The van der Waals surface area contributed by atoms with Crippen LogP contribution in [-0.2, 0) is 0 Å². The SMILES string of the molecule is CC(=O)c1ccc(OCC2CCNC2)cc1.Cl. The van der Waals surface area contributed by atoms with Gasteiger partial charge in [0.05, 0.1) is 6.61 Å². The Morgan fingerprint density at radius 2 is 2.12 bits per heavy atom. The van der Waals surface area contributed by atoms with Crippen LogP contribution in [0.4, 0.5) is 0 Å². The van der Waals surface area contributed by atoms with E-state index in [9.17, 15) is 4.79 Å². The summed E-state index contributed by atoms with van der Waals surface area (Å²) in [4.78, 5) is 11.1. The van der Waals surface area contributed by atoms with E-state index in [1.807, 2.05) is 24.3 Å². The second-order valence-corrected chi connectivity index (χ2v) is 4.25. The molecule has 4 heteroatoms. The highest BCUT2D eigenvalue weighted by Gasteiger charge is 2.14. The third-order valence-corrected chi connectivity index (χ3v) is 2.91. The van der Waals surface area contributed by atoms with E-state index in [4.69, 9.17) is 4.74 Å². The van der Waals surface area contributed by atoms with Gasteiger partial charge >= 0.3 is 0 Å². The van der Waals surface area contributed by atoms with Crippen LogP contribution in [-0.4, -0.2) is 25.5 Å². The second kappa shape index (κ2) is 6.62. The largest absolute Gasteiger partial charge is 0.493 e. The number of carbonyl (C=O) groups excluding carboxylic acids is 1. The third kappa shape index (κ3) is 4.02. The molecule has 1 fully saturated rings.